The smallest absolute Gasteiger partial charge is 0.251 e. The molecule has 0 aliphatic carbocycles. The van der Waals surface area contributed by atoms with Crippen molar-refractivity contribution in [2.45, 2.75) is 65.1 Å². The predicted octanol–water partition coefficient (Wildman–Crippen LogP) is 3.48. The summed E-state index contributed by atoms with van der Waals surface area (Å²) < 4.78 is 0. The number of nitrogens with two attached hydrogens (primary N) is 1. The zero-order valence-corrected chi connectivity index (χ0v) is 22.1. The van der Waals surface area contributed by atoms with E-state index in [9.17, 15) is 14.4 Å². The second kappa shape index (κ2) is 12.5. The molecule has 2 amide bonds. The predicted molar refractivity (Wildman–Crippen MR) is 147 cm³/mol. The number of carbonyl (C=O) groups is 3. The monoisotopic (exact) mass is 506 g/mol. The summed E-state index contributed by atoms with van der Waals surface area (Å²) in [5.74, 6) is -0.0635. The Morgan fingerprint density at radius 1 is 1.16 bits per heavy atom. The Morgan fingerprint density at radius 2 is 1.89 bits per heavy atom. The number of nitrogens with zero attached hydrogens (tertiary/aromatic N) is 2. The van der Waals surface area contributed by atoms with Crippen LogP contribution in [0.25, 0.3) is 0 Å². The minimum Gasteiger partial charge on any atom is -0.384 e. The molecule has 1 aromatic heterocycles. The van der Waals surface area contributed by atoms with Crippen LogP contribution in [-0.4, -0.2) is 53.8 Å². The van der Waals surface area contributed by atoms with Gasteiger partial charge in [-0.2, -0.15) is 0 Å². The lowest BCUT2D eigenvalue weighted by Gasteiger charge is -2.40. The molecule has 2 aromatic rings. The van der Waals surface area contributed by atoms with Gasteiger partial charge in [0.15, 0.2) is 5.78 Å². The zero-order valence-electron chi connectivity index (χ0n) is 22.1. The third-order valence-electron chi connectivity index (χ3n) is 6.39. The first-order valence-electron chi connectivity index (χ1n) is 12.7. The van der Waals surface area contributed by atoms with Crippen LogP contribution in [0.3, 0.4) is 0 Å². The van der Waals surface area contributed by atoms with Crippen molar-refractivity contribution in [1.29, 1.82) is 0 Å². The number of benzene rings is 1. The summed E-state index contributed by atoms with van der Waals surface area (Å²) in [5.41, 5.74) is 8.31. The average molecular weight is 507 g/mol. The number of piperidine rings is 1. The van der Waals surface area contributed by atoms with Gasteiger partial charge in [-0.3, -0.25) is 14.4 Å². The van der Waals surface area contributed by atoms with E-state index < -0.39 is 5.91 Å². The minimum absolute atomic E-state index is 0.0299. The van der Waals surface area contributed by atoms with Gasteiger partial charge in [0.05, 0.1) is 5.56 Å². The largest absolute Gasteiger partial charge is 0.384 e. The van der Waals surface area contributed by atoms with Crippen LogP contribution in [0.2, 0.25) is 0 Å². The maximum absolute atomic E-state index is 13.1. The van der Waals surface area contributed by atoms with Crippen LogP contribution in [0.15, 0.2) is 48.8 Å². The quantitative estimate of drug-likeness (QED) is 0.271. The number of anilines is 2. The molecule has 37 heavy (non-hydrogen) atoms. The maximum Gasteiger partial charge on any atom is 0.251 e. The van der Waals surface area contributed by atoms with E-state index in [-0.39, 0.29) is 23.8 Å². The normalized spacial score (nSPS) is 17.5. The van der Waals surface area contributed by atoms with E-state index in [0.29, 0.717) is 47.8 Å². The molecule has 0 radical (unpaired) electrons. The van der Waals surface area contributed by atoms with Gasteiger partial charge in [0.2, 0.25) is 0 Å². The number of rotatable bonds is 11. The molecule has 0 spiro atoms. The molecule has 9 nitrogen and oxygen atoms in total. The number of ketones is 1. The lowest BCUT2D eigenvalue weighted by molar-refractivity contribution is 0.0928. The van der Waals surface area contributed by atoms with Crippen LogP contribution in [0.1, 0.15) is 78.0 Å². The Kier molecular flexibility index (Phi) is 9.41. The van der Waals surface area contributed by atoms with Gasteiger partial charge >= 0.3 is 0 Å². The van der Waals surface area contributed by atoms with Crippen LogP contribution < -0.4 is 26.6 Å². The van der Waals surface area contributed by atoms with Crippen molar-refractivity contribution >= 4 is 29.1 Å². The first-order valence-corrected chi connectivity index (χ1v) is 12.7. The van der Waals surface area contributed by atoms with Crippen molar-refractivity contribution in [3.05, 3.63) is 65.5 Å². The SMILES string of the molecule is C=C1CC(NC(=O)c2ccc(C(N)=O)c(NCCCNC(C)C)c2)CC(C)N1c1ccc(C(C)=O)cn1. The Balaban J connectivity index is 1.64. The molecule has 0 bridgehead atoms. The van der Waals surface area contributed by atoms with Gasteiger partial charge in [-0.05, 0) is 63.6 Å². The third-order valence-corrected chi connectivity index (χ3v) is 6.39. The number of hydrogen-bond acceptors (Lipinski definition) is 7. The number of Topliss-reactive ketones (excluding diaryl/α,β-unsaturated/α-hetero) is 1. The highest BCUT2D eigenvalue weighted by Crippen LogP contribution is 2.30. The van der Waals surface area contributed by atoms with Crippen LogP contribution in [0, 0.1) is 0 Å². The van der Waals surface area contributed by atoms with Gasteiger partial charge < -0.3 is 26.6 Å². The highest BCUT2D eigenvalue weighted by atomic mass is 16.2. The molecule has 3 rings (SSSR count). The van der Waals surface area contributed by atoms with Crippen LogP contribution in [-0.2, 0) is 0 Å². The molecule has 1 aliphatic rings. The van der Waals surface area contributed by atoms with Gasteiger partial charge in [0.25, 0.3) is 11.8 Å². The molecule has 2 unspecified atom stereocenters. The molecule has 1 fully saturated rings. The maximum atomic E-state index is 13.1. The Labute approximate surface area is 218 Å². The van der Waals surface area contributed by atoms with Crippen molar-refractivity contribution in [3.63, 3.8) is 0 Å². The van der Waals surface area contributed by atoms with Gasteiger partial charge in [-0.1, -0.05) is 20.4 Å². The summed E-state index contributed by atoms with van der Waals surface area (Å²) in [4.78, 5) is 43.1. The van der Waals surface area contributed by atoms with Gasteiger partial charge in [-0.25, -0.2) is 4.98 Å². The highest BCUT2D eigenvalue weighted by Gasteiger charge is 2.30. The van der Waals surface area contributed by atoms with Crippen LogP contribution in [0.4, 0.5) is 11.5 Å². The molecule has 0 saturated carbocycles. The van der Waals surface area contributed by atoms with Gasteiger partial charge in [0.1, 0.15) is 5.82 Å². The van der Waals surface area contributed by atoms with E-state index in [0.717, 1.165) is 24.5 Å². The molecule has 1 saturated heterocycles. The van der Waals surface area contributed by atoms with Crippen molar-refractivity contribution in [1.82, 2.24) is 15.6 Å². The fourth-order valence-electron chi connectivity index (χ4n) is 4.55. The topological polar surface area (TPSA) is 129 Å². The van der Waals surface area contributed by atoms with Crippen LogP contribution in [0.5, 0.6) is 0 Å². The lowest BCUT2D eigenvalue weighted by atomic mass is 9.95. The summed E-state index contributed by atoms with van der Waals surface area (Å²) in [6.45, 7) is 13.4. The van der Waals surface area contributed by atoms with Gasteiger partial charge in [-0.15, -0.1) is 0 Å². The standard InChI is InChI=1S/C28H38N6O3/c1-17(2)30-11-6-12-31-25-15-21(7-9-24(25)27(29)36)28(37)33-23-13-18(3)34(19(4)14-23)26-10-8-22(16-32-26)20(5)35/h7-10,15-17,19,23,30-31H,3,6,11-14H2,1-2,4-5H3,(H2,29,36)(H,33,37). The minimum atomic E-state index is -0.544. The number of hydrogen-bond donors (Lipinski definition) is 4. The molecule has 1 aromatic carbocycles. The molecule has 198 valence electrons. The van der Waals surface area contributed by atoms with E-state index in [2.05, 4.69) is 48.3 Å². The summed E-state index contributed by atoms with van der Waals surface area (Å²) in [5, 5.41) is 9.71. The average Bonchev–Trinajstić information content (AvgIpc) is 2.83. The molecule has 9 heteroatoms. The van der Waals surface area contributed by atoms with Gasteiger partial charge in [0, 0.05) is 59.8 Å². The van der Waals surface area contributed by atoms with E-state index in [4.69, 9.17) is 5.73 Å². The second-order valence-corrected chi connectivity index (χ2v) is 9.87. The molecular weight excluding hydrogens is 468 g/mol. The molecular formula is C28H38N6O3. The fourth-order valence-corrected chi connectivity index (χ4v) is 4.55. The fraction of sp³-hybridized carbons (Fsp3) is 0.429. The van der Waals surface area contributed by atoms with Crippen molar-refractivity contribution < 1.29 is 14.4 Å². The summed E-state index contributed by atoms with van der Waals surface area (Å²) in [6, 6.07) is 8.84. The van der Waals surface area contributed by atoms with E-state index in [1.807, 2.05) is 11.0 Å². The summed E-state index contributed by atoms with van der Waals surface area (Å²) >= 11 is 0. The van der Waals surface area contributed by atoms with E-state index in [1.165, 1.54) is 6.92 Å². The summed E-state index contributed by atoms with van der Waals surface area (Å²) in [7, 11) is 0. The number of carbonyl (C=O) groups excluding carboxylic acids is 3. The van der Waals surface area contributed by atoms with Crippen molar-refractivity contribution in [2.75, 3.05) is 23.3 Å². The molecule has 2 heterocycles. The first kappa shape index (κ1) is 27.9. The Bertz CT molecular complexity index is 1150. The highest BCUT2D eigenvalue weighted by molar-refractivity contribution is 6.02. The Hall–Kier alpha value is -3.72. The molecule has 5 N–H and O–H groups in total. The number of amides is 2. The van der Waals surface area contributed by atoms with E-state index in [1.54, 1.807) is 30.5 Å². The molecule has 1 aliphatic heterocycles. The van der Waals surface area contributed by atoms with Crippen LogP contribution >= 0.6 is 0 Å². The number of pyridine rings is 1. The third kappa shape index (κ3) is 7.39. The lowest BCUT2D eigenvalue weighted by Crippen LogP contribution is -2.47. The second-order valence-electron chi connectivity index (χ2n) is 9.87. The zero-order chi connectivity index (χ0) is 27.1. The first-order chi connectivity index (χ1) is 17.6. The van der Waals surface area contributed by atoms with E-state index >= 15 is 0 Å². The van der Waals surface area contributed by atoms with Crippen molar-refractivity contribution in [3.8, 4) is 0 Å². The molecule has 2 atom stereocenters. The number of primary amides is 1. The summed E-state index contributed by atoms with van der Waals surface area (Å²) in [6.07, 6.45) is 3.71. The number of nitrogens with one attached hydrogen (secondary N) is 3. The van der Waals surface area contributed by atoms with Crippen molar-refractivity contribution in [2.24, 2.45) is 5.73 Å². The Morgan fingerprint density at radius 3 is 2.49 bits per heavy atom. The number of aromatic nitrogens is 1.